The lowest BCUT2D eigenvalue weighted by Crippen LogP contribution is -2.18. The average Bonchev–Trinajstić information content (AvgIpc) is 3.27. The number of aliphatic hydroxyl groups excluding tert-OH is 2. The van der Waals surface area contributed by atoms with Crippen LogP contribution in [0.2, 0.25) is 0 Å². The van der Waals surface area contributed by atoms with Crippen molar-refractivity contribution in [1.29, 1.82) is 0 Å². The Hall–Kier alpha value is -2.20. The standard InChI is InChI=1S/C28H35NO2/c1-19-4-2-6-21(12-19)15-25(30)10-11-26-27-16-22(14-24(27)17-28(26)31)9-8-20-5-3-7-23(13-20)18-29/h2-7,10-14,24-28,30-31H,8-9,15-18,29H2,1H3/t24-,25+,26+,27-,28+/m0/s1. The van der Waals surface area contributed by atoms with Crippen molar-refractivity contribution in [3.8, 4) is 0 Å². The van der Waals surface area contributed by atoms with Gasteiger partial charge in [-0.2, -0.15) is 0 Å². The minimum atomic E-state index is -0.517. The second kappa shape index (κ2) is 9.95. The van der Waals surface area contributed by atoms with E-state index in [9.17, 15) is 10.2 Å². The third kappa shape index (κ3) is 5.54. The van der Waals surface area contributed by atoms with E-state index in [-0.39, 0.29) is 12.0 Å². The van der Waals surface area contributed by atoms with E-state index in [1.165, 1.54) is 22.3 Å². The number of rotatable bonds is 8. The predicted octanol–water partition coefficient (Wildman–Crippen LogP) is 4.49. The predicted molar refractivity (Wildman–Crippen MR) is 126 cm³/mol. The number of hydrogen-bond acceptors (Lipinski definition) is 3. The fraction of sp³-hybridized carbons (Fsp3) is 0.429. The molecule has 4 rings (SSSR count). The Morgan fingerprint density at radius 1 is 1.06 bits per heavy atom. The first-order chi connectivity index (χ1) is 15.0. The van der Waals surface area contributed by atoms with Crippen LogP contribution in [0.5, 0.6) is 0 Å². The number of aliphatic hydroxyl groups is 2. The summed E-state index contributed by atoms with van der Waals surface area (Å²) in [4.78, 5) is 0. The van der Waals surface area contributed by atoms with Crippen LogP contribution < -0.4 is 5.73 Å². The molecular weight excluding hydrogens is 382 g/mol. The summed E-state index contributed by atoms with van der Waals surface area (Å²) in [6.07, 6.45) is 10.2. The summed E-state index contributed by atoms with van der Waals surface area (Å²) < 4.78 is 0. The lowest BCUT2D eigenvalue weighted by Gasteiger charge is -2.19. The second-order valence-electron chi connectivity index (χ2n) is 9.41. The number of aryl methyl sites for hydroxylation is 2. The lowest BCUT2D eigenvalue weighted by molar-refractivity contribution is 0.140. The molecule has 5 atom stereocenters. The quantitative estimate of drug-likeness (QED) is 0.555. The van der Waals surface area contributed by atoms with Crippen molar-refractivity contribution in [2.45, 2.75) is 57.8 Å². The number of nitrogens with two attached hydrogens (primary N) is 1. The largest absolute Gasteiger partial charge is 0.392 e. The summed E-state index contributed by atoms with van der Waals surface area (Å²) in [5, 5.41) is 21.1. The van der Waals surface area contributed by atoms with Crippen LogP contribution in [0.3, 0.4) is 0 Å². The van der Waals surface area contributed by atoms with Gasteiger partial charge in [-0.3, -0.25) is 0 Å². The van der Waals surface area contributed by atoms with Crippen LogP contribution in [0.15, 0.2) is 72.3 Å². The third-order valence-electron chi connectivity index (χ3n) is 6.99. The topological polar surface area (TPSA) is 66.5 Å². The van der Waals surface area contributed by atoms with E-state index in [0.29, 0.717) is 24.8 Å². The highest BCUT2D eigenvalue weighted by molar-refractivity contribution is 5.27. The molecule has 1 fully saturated rings. The molecule has 3 heteroatoms. The first-order valence-corrected chi connectivity index (χ1v) is 11.6. The van der Waals surface area contributed by atoms with Crippen LogP contribution in [0.1, 0.15) is 41.5 Å². The highest BCUT2D eigenvalue weighted by atomic mass is 16.3. The number of fused-ring (bicyclic) bond motifs is 1. The zero-order valence-corrected chi connectivity index (χ0v) is 18.5. The summed E-state index contributed by atoms with van der Waals surface area (Å²) >= 11 is 0. The molecule has 2 aliphatic carbocycles. The maximum Gasteiger partial charge on any atom is 0.0761 e. The summed E-state index contributed by atoms with van der Waals surface area (Å²) in [7, 11) is 0. The van der Waals surface area contributed by atoms with Crippen molar-refractivity contribution in [3.63, 3.8) is 0 Å². The Bertz CT molecular complexity index is 948. The van der Waals surface area contributed by atoms with E-state index >= 15 is 0 Å². The first-order valence-electron chi connectivity index (χ1n) is 11.6. The van der Waals surface area contributed by atoms with Gasteiger partial charge in [-0.15, -0.1) is 0 Å². The highest BCUT2D eigenvalue weighted by Crippen LogP contribution is 2.48. The van der Waals surface area contributed by atoms with E-state index in [4.69, 9.17) is 5.73 Å². The molecule has 0 bridgehead atoms. The van der Waals surface area contributed by atoms with Crippen molar-refractivity contribution < 1.29 is 10.2 Å². The van der Waals surface area contributed by atoms with Crippen LogP contribution in [0.4, 0.5) is 0 Å². The molecule has 0 saturated heterocycles. The first kappa shape index (κ1) is 22.0. The van der Waals surface area contributed by atoms with Crippen molar-refractivity contribution in [2.24, 2.45) is 23.5 Å². The van der Waals surface area contributed by atoms with Crippen molar-refractivity contribution in [1.82, 2.24) is 0 Å². The summed E-state index contributed by atoms with van der Waals surface area (Å²) in [6.45, 7) is 2.66. The molecule has 2 aromatic rings. The Balaban J connectivity index is 1.32. The third-order valence-corrected chi connectivity index (χ3v) is 6.99. The fourth-order valence-corrected chi connectivity index (χ4v) is 5.41. The zero-order chi connectivity index (χ0) is 21.8. The molecular formula is C28H35NO2. The van der Waals surface area contributed by atoms with Gasteiger partial charge in [0, 0.05) is 18.9 Å². The van der Waals surface area contributed by atoms with Gasteiger partial charge >= 0.3 is 0 Å². The van der Waals surface area contributed by atoms with Crippen LogP contribution >= 0.6 is 0 Å². The molecule has 0 unspecified atom stereocenters. The monoisotopic (exact) mass is 417 g/mol. The Kier molecular flexibility index (Phi) is 7.06. The molecule has 31 heavy (non-hydrogen) atoms. The van der Waals surface area contributed by atoms with Gasteiger partial charge in [-0.25, -0.2) is 0 Å². The molecule has 3 nitrogen and oxygen atoms in total. The molecule has 2 aromatic carbocycles. The molecule has 0 heterocycles. The van der Waals surface area contributed by atoms with Gasteiger partial charge in [0.25, 0.3) is 0 Å². The van der Waals surface area contributed by atoms with Crippen LogP contribution in [0.25, 0.3) is 0 Å². The molecule has 2 aliphatic rings. The fourth-order valence-electron chi connectivity index (χ4n) is 5.41. The zero-order valence-electron chi connectivity index (χ0n) is 18.5. The van der Waals surface area contributed by atoms with E-state index < -0.39 is 6.10 Å². The minimum absolute atomic E-state index is 0.131. The Morgan fingerprint density at radius 3 is 2.65 bits per heavy atom. The highest BCUT2D eigenvalue weighted by Gasteiger charge is 2.43. The van der Waals surface area contributed by atoms with Gasteiger partial charge in [0.1, 0.15) is 0 Å². The SMILES string of the molecule is Cc1cccc(C[C@H](O)C=C[C@@H]2[C@H]3CC(CCc4cccc(CN)c4)=C[C@H]3C[C@H]2O)c1. The van der Waals surface area contributed by atoms with Crippen molar-refractivity contribution in [2.75, 3.05) is 0 Å². The van der Waals surface area contributed by atoms with Gasteiger partial charge < -0.3 is 15.9 Å². The van der Waals surface area contributed by atoms with Crippen molar-refractivity contribution >= 4 is 0 Å². The maximum absolute atomic E-state index is 10.6. The van der Waals surface area contributed by atoms with E-state index in [0.717, 1.165) is 31.2 Å². The lowest BCUT2D eigenvalue weighted by atomic mass is 9.88. The average molecular weight is 418 g/mol. The molecule has 0 amide bonds. The molecule has 0 aromatic heterocycles. The Morgan fingerprint density at radius 2 is 1.84 bits per heavy atom. The van der Waals surface area contributed by atoms with E-state index in [1.54, 1.807) is 0 Å². The number of benzene rings is 2. The Labute approximate surface area is 186 Å². The van der Waals surface area contributed by atoms with Gasteiger partial charge in [0.15, 0.2) is 0 Å². The van der Waals surface area contributed by atoms with Crippen molar-refractivity contribution in [3.05, 3.63) is 94.6 Å². The number of hydrogen-bond donors (Lipinski definition) is 3. The van der Waals surface area contributed by atoms with Gasteiger partial charge in [-0.05, 0) is 61.1 Å². The molecule has 4 N–H and O–H groups in total. The number of allylic oxidation sites excluding steroid dienone is 2. The van der Waals surface area contributed by atoms with Gasteiger partial charge in [0.05, 0.1) is 12.2 Å². The molecule has 164 valence electrons. The van der Waals surface area contributed by atoms with E-state index in [1.807, 2.05) is 12.1 Å². The van der Waals surface area contributed by atoms with Crippen LogP contribution in [-0.4, -0.2) is 22.4 Å². The summed E-state index contributed by atoms with van der Waals surface area (Å²) in [5.74, 6) is 1.05. The molecule has 0 spiro atoms. The maximum atomic E-state index is 10.6. The molecule has 1 saturated carbocycles. The molecule has 0 aliphatic heterocycles. The van der Waals surface area contributed by atoms with Crippen LogP contribution in [0, 0.1) is 24.7 Å². The smallest absolute Gasteiger partial charge is 0.0761 e. The van der Waals surface area contributed by atoms with Crippen LogP contribution in [-0.2, 0) is 19.4 Å². The summed E-state index contributed by atoms with van der Waals surface area (Å²) in [6, 6.07) is 16.8. The summed E-state index contributed by atoms with van der Waals surface area (Å²) in [5.41, 5.74) is 12.2. The minimum Gasteiger partial charge on any atom is -0.392 e. The van der Waals surface area contributed by atoms with Gasteiger partial charge in [0.2, 0.25) is 0 Å². The second-order valence-corrected chi connectivity index (χ2v) is 9.41. The molecule has 0 radical (unpaired) electrons. The van der Waals surface area contributed by atoms with E-state index in [2.05, 4.69) is 61.5 Å². The normalized spacial score (nSPS) is 26.3. The van der Waals surface area contributed by atoms with Gasteiger partial charge in [-0.1, -0.05) is 77.9 Å².